The zero-order valence-corrected chi connectivity index (χ0v) is 15.0. The molecule has 3 aliphatic rings. The summed E-state index contributed by atoms with van der Waals surface area (Å²) in [6.07, 6.45) is 2.24. The molecule has 1 unspecified atom stereocenters. The molecule has 0 saturated carbocycles. The Hall–Kier alpha value is -2.38. The van der Waals surface area contributed by atoms with Gasteiger partial charge < -0.3 is 14.4 Å². The summed E-state index contributed by atoms with van der Waals surface area (Å²) in [6.45, 7) is 2.43. The number of fused-ring (bicyclic) bond motifs is 2. The monoisotopic (exact) mass is 371 g/mol. The largest absolute Gasteiger partial charge is 0.486 e. The molecule has 1 amide bonds. The van der Waals surface area contributed by atoms with Gasteiger partial charge in [-0.1, -0.05) is 6.07 Å². The van der Waals surface area contributed by atoms with Crippen LogP contribution in [-0.4, -0.2) is 38.1 Å². The molecule has 1 fully saturated rings. The second kappa shape index (κ2) is 6.10. The average Bonchev–Trinajstić information content (AvgIpc) is 3.38. The molecule has 7 heteroatoms. The van der Waals surface area contributed by atoms with Crippen LogP contribution in [0.25, 0.3) is 0 Å². The van der Waals surface area contributed by atoms with Crippen LogP contribution in [0, 0.1) is 0 Å². The van der Waals surface area contributed by atoms with E-state index in [0.717, 1.165) is 19.4 Å². The van der Waals surface area contributed by atoms with Crippen LogP contribution in [0.1, 0.15) is 34.1 Å². The molecule has 6 nitrogen and oxygen atoms in total. The maximum Gasteiger partial charge on any atom is 0.303 e. The molecule has 2 atom stereocenters. The van der Waals surface area contributed by atoms with Crippen molar-refractivity contribution in [1.29, 1.82) is 0 Å². The van der Waals surface area contributed by atoms with Gasteiger partial charge >= 0.3 is 5.91 Å². The molecule has 2 aromatic rings. The summed E-state index contributed by atoms with van der Waals surface area (Å²) in [5, 5.41) is 2.09. The minimum Gasteiger partial charge on any atom is -0.486 e. The third-order valence-electron chi connectivity index (χ3n) is 5.37. The highest BCUT2D eigenvalue weighted by atomic mass is 32.1. The number of carbonyl (C=O) groups excluding carboxylic acids is 2. The SMILES string of the molecule is O=C1C(=O)N(C[NH+]2CCC[C@@H]2c2cccs2)c2cc3c(cc21)OCCO3. The quantitative estimate of drug-likeness (QED) is 0.830. The number of anilines is 1. The topological polar surface area (TPSA) is 60.3 Å². The lowest BCUT2D eigenvalue weighted by molar-refractivity contribution is -0.916. The highest BCUT2D eigenvalue weighted by molar-refractivity contribution is 7.10. The first-order valence-electron chi connectivity index (χ1n) is 8.90. The summed E-state index contributed by atoms with van der Waals surface area (Å²) in [5.41, 5.74) is 1.07. The maximum absolute atomic E-state index is 12.6. The number of thiophene rings is 1. The third kappa shape index (κ3) is 2.42. The minimum atomic E-state index is -0.455. The molecule has 0 radical (unpaired) electrons. The van der Waals surface area contributed by atoms with Crippen LogP contribution < -0.4 is 19.3 Å². The summed E-state index contributed by atoms with van der Waals surface area (Å²) in [5.74, 6) is 0.242. The van der Waals surface area contributed by atoms with E-state index >= 15 is 0 Å². The Balaban J connectivity index is 1.47. The number of quaternary nitrogens is 1. The van der Waals surface area contributed by atoms with Gasteiger partial charge in [-0.25, -0.2) is 0 Å². The summed E-state index contributed by atoms with van der Waals surface area (Å²) in [7, 11) is 0. The van der Waals surface area contributed by atoms with Gasteiger partial charge in [-0.2, -0.15) is 0 Å². The smallest absolute Gasteiger partial charge is 0.303 e. The second-order valence-electron chi connectivity index (χ2n) is 6.85. The number of ketones is 1. The van der Waals surface area contributed by atoms with Crippen LogP contribution in [-0.2, 0) is 4.79 Å². The Bertz CT molecular complexity index is 880. The predicted molar refractivity (Wildman–Crippen MR) is 96.2 cm³/mol. The molecule has 4 heterocycles. The average molecular weight is 371 g/mol. The Morgan fingerprint density at radius 1 is 1.19 bits per heavy atom. The number of Topliss-reactive ketones (excluding diaryl/α,β-unsaturated/α-hetero) is 1. The standard InChI is InChI=1S/C19H18N2O4S/c22-18-12-9-15-16(25-7-6-24-15)10-14(12)21(19(18)23)11-20-5-1-3-13(20)17-4-2-8-26-17/h2,4,8-10,13H,1,3,5-7,11H2/p+1/t13-/m1/s1. The third-order valence-corrected chi connectivity index (χ3v) is 6.35. The lowest BCUT2D eigenvalue weighted by Crippen LogP contribution is -3.12. The zero-order chi connectivity index (χ0) is 17.7. The van der Waals surface area contributed by atoms with Gasteiger partial charge in [-0.15, -0.1) is 11.3 Å². The molecule has 3 aliphatic heterocycles. The lowest BCUT2D eigenvalue weighted by Gasteiger charge is -2.26. The van der Waals surface area contributed by atoms with Crippen molar-refractivity contribution < 1.29 is 24.0 Å². The van der Waals surface area contributed by atoms with E-state index in [0.29, 0.717) is 48.7 Å². The van der Waals surface area contributed by atoms with E-state index < -0.39 is 11.7 Å². The fourth-order valence-corrected chi connectivity index (χ4v) is 5.04. The predicted octanol–water partition coefficient (Wildman–Crippen LogP) is 1.43. The van der Waals surface area contributed by atoms with E-state index in [4.69, 9.17) is 9.47 Å². The van der Waals surface area contributed by atoms with Gasteiger partial charge in [-0.05, 0) is 17.5 Å². The van der Waals surface area contributed by atoms with Crippen molar-refractivity contribution in [3.05, 3.63) is 40.1 Å². The van der Waals surface area contributed by atoms with E-state index in [2.05, 4.69) is 17.5 Å². The van der Waals surface area contributed by atoms with Gasteiger partial charge in [0.1, 0.15) is 19.3 Å². The van der Waals surface area contributed by atoms with Crippen LogP contribution in [0.4, 0.5) is 5.69 Å². The molecule has 5 rings (SSSR count). The molecule has 1 N–H and O–H groups in total. The Kier molecular flexibility index (Phi) is 3.72. The molecular weight excluding hydrogens is 352 g/mol. The first-order valence-corrected chi connectivity index (χ1v) is 9.78. The second-order valence-corrected chi connectivity index (χ2v) is 7.83. The van der Waals surface area contributed by atoms with Crippen molar-refractivity contribution in [1.82, 2.24) is 0 Å². The number of rotatable bonds is 3. The van der Waals surface area contributed by atoms with Crippen LogP contribution in [0.15, 0.2) is 29.6 Å². The first kappa shape index (κ1) is 15.8. The highest BCUT2D eigenvalue weighted by Crippen LogP contribution is 2.40. The van der Waals surface area contributed by atoms with Crippen LogP contribution >= 0.6 is 11.3 Å². The summed E-state index contributed by atoms with van der Waals surface area (Å²) >= 11 is 1.76. The van der Waals surface area contributed by atoms with Gasteiger partial charge in [0.15, 0.2) is 18.2 Å². The van der Waals surface area contributed by atoms with E-state index in [-0.39, 0.29) is 0 Å². The molecule has 0 bridgehead atoms. The molecule has 1 saturated heterocycles. The Labute approximate surface area is 154 Å². The number of carbonyl (C=O) groups is 2. The number of nitrogens with zero attached hydrogens (tertiary/aromatic N) is 1. The molecule has 0 spiro atoms. The fourth-order valence-electron chi connectivity index (χ4n) is 4.12. The maximum atomic E-state index is 12.6. The molecule has 26 heavy (non-hydrogen) atoms. The fraction of sp³-hybridized carbons (Fsp3) is 0.368. The van der Waals surface area contributed by atoms with Crippen LogP contribution in [0.5, 0.6) is 11.5 Å². The number of hydrogen-bond acceptors (Lipinski definition) is 5. The lowest BCUT2D eigenvalue weighted by atomic mass is 10.1. The van der Waals surface area contributed by atoms with Crippen molar-refractivity contribution in [2.24, 2.45) is 0 Å². The Morgan fingerprint density at radius 3 is 2.77 bits per heavy atom. The van der Waals surface area contributed by atoms with Crippen molar-refractivity contribution >= 4 is 28.7 Å². The molecular formula is C19H19N2O4S+. The number of amides is 1. The number of nitrogens with one attached hydrogen (secondary N) is 1. The minimum absolute atomic E-state index is 0.388. The Morgan fingerprint density at radius 2 is 2.00 bits per heavy atom. The first-order chi connectivity index (χ1) is 12.7. The van der Waals surface area contributed by atoms with E-state index in [1.54, 1.807) is 28.4 Å². The van der Waals surface area contributed by atoms with Gasteiger partial charge in [0.2, 0.25) is 0 Å². The molecule has 0 aliphatic carbocycles. The van der Waals surface area contributed by atoms with Gasteiger partial charge in [0.25, 0.3) is 5.78 Å². The number of hydrogen-bond donors (Lipinski definition) is 1. The highest BCUT2D eigenvalue weighted by Gasteiger charge is 2.42. The van der Waals surface area contributed by atoms with Gasteiger partial charge in [0.05, 0.1) is 22.7 Å². The number of likely N-dealkylation sites (tertiary alicyclic amines) is 1. The number of benzene rings is 1. The van der Waals surface area contributed by atoms with Crippen molar-refractivity contribution in [3.63, 3.8) is 0 Å². The van der Waals surface area contributed by atoms with Crippen LogP contribution in [0.2, 0.25) is 0 Å². The van der Waals surface area contributed by atoms with Gasteiger partial charge in [0, 0.05) is 18.9 Å². The van der Waals surface area contributed by atoms with E-state index in [1.165, 1.54) is 9.78 Å². The van der Waals surface area contributed by atoms with Gasteiger partial charge in [-0.3, -0.25) is 14.5 Å². The molecule has 1 aromatic carbocycles. The van der Waals surface area contributed by atoms with E-state index in [9.17, 15) is 9.59 Å². The summed E-state index contributed by atoms with van der Waals surface area (Å²) in [4.78, 5) is 29.4. The van der Waals surface area contributed by atoms with E-state index in [1.807, 2.05) is 0 Å². The normalized spacial score (nSPS) is 24.2. The van der Waals surface area contributed by atoms with Crippen molar-refractivity contribution in [2.45, 2.75) is 18.9 Å². The van der Waals surface area contributed by atoms with Crippen molar-refractivity contribution in [3.8, 4) is 11.5 Å². The molecule has 134 valence electrons. The number of ether oxygens (including phenoxy) is 2. The zero-order valence-electron chi connectivity index (χ0n) is 14.2. The van der Waals surface area contributed by atoms with Crippen LogP contribution in [0.3, 0.4) is 0 Å². The molecule has 1 aromatic heterocycles. The summed E-state index contributed by atoms with van der Waals surface area (Å²) < 4.78 is 11.2. The van der Waals surface area contributed by atoms with Crippen molar-refractivity contribution in [2.75, 3.05) is 31.3 Å². The summed E-state index contributed by atoms with van der Waals surface area (Å²) in [6, 6.07) is 8.05.